The third-order valence-electron chi connectivity index (χ3n) is 5.19. The van der Waals surface area contributed by atoms with Crippen molar-refractivity contribution in [3.8, 4) is 0 Å². The summed E-state index contributed by atoms with van der Waals surface area (Å²) in [6, 6.07) is 10.8. The van der Waals surface area contributed by atoms with Crippen LogP contribution in [0, 0.1) is 23.7 Å². The van der Waals surface area contributed by atoms with Gasteiger partial charge in [-0.2, -0.15) is 0 Å². The van der Waals surface area contributed by atoms with Crippen molar-refractivity contribution in [3.05, 3.63) is 35.9 Å². The molecule has 5 heteroatoms. The van der Waals surface area contributed by atoms with Gasteiger partial charge in [0.15, 0.2) is 0 Å². The van der Waals surface area contributed by atoms with Gasteiger partial charge in [-0.3, -0.25) is 4.90 Å². The number of nitrogens with one attached hydrogen (secondary N) is 1. The van der Waals surface area contributed by atoms with Gasteiger partial charge in [-0.15, -0.1) is 24.8 Å². The first-order chi connectivity index (χ1) is 10.8. The summed E-state index contributed by atoms with van der Waals surface area (Å²) >= 11 is 0. The summed E-state index contributed by atoms with van der Waals surface area (Å²) in [6.45, 7) is 8.41. The second kappa shape index (κ2) is 12.1. The van der Waals surface area contributed by atoms with E-state index in [1.807, 2.05) is 0 Å². The first kappa shape index (κ1) is 24.7. The van der Waals surface area contributed by atoms with E-state index in [0.29, 0.717) is 0 Å². The Morgan fingerprint density at radius 2 is 1.44 bits per heavy atom. The Labute approximate surface area is 166 Å². The summed E-state index contributed by atoms with van der Waals surface area (Å²) < 4.78 is 0. The lowest BCUT2D eigenvalue weighted by molar-refractivity contribution is 0.297. The molecule has 4 aliphatic rings. The number of rotatable bonds is 2. The minimum atomic E-state index is 0. The molecule has 2 N–H and O–H groups in total. The molecule has 2 heterocycles. The monoisotopic (exact) mass is 390 g/mol. The minimum absolute atomic E-state index is 0. The Morgan fingerprint density at radius 3 is 1.84 bits per heavy atom. The van der Waals surface area contributed by atoms with Gasteiger partial charge >= 0.3 is 0 Å². The highest BCUT2D eigenvalue weighted by Crippen LogP contribution is 2.45. The number of fused-ring (bicyclic) bond motifs is 2. The van der Waals surface area contributed by atoms with Crippen LogP contribution in [0.1, 0.15) is 32.8 Å². The molecule has 4 unspecified atom stereocenters. The van der Waals surface area contributed by atoms with E-state index in [4.69, 9.17) is 5.11 Å². The lowest BCUT2D eigenvalue weighted by Crippen LogP contribution is -2.21. The average Bonchev–Trinajstić information content (AvgIpc) is 3.37. The Kier molecular flexibility index (Phi) is 12.0. The van der Waals surface area contributed by atoms with E-state index in [1.165, 1.54) is 44.6 Å². The molecule has 3 nitrogen and oxygen atoms in total. The zero-order valence-electron chi connectivity index (χ0n) is 14.6. The van der Waals surface area contributed by atoms with Crippen LogP contribution >= 0.6 is 24.8 Å². The third-order valence-corrected chi connectivity index (χ3v) is 5.19. The number of likely N-dealkylation sites (tertiary alicyclic amines) is 1. The number of benzene rings is 1. The standard InChI is InChI=1S/C12H15N.C5H9N.C2H6O.CH4.2ClH/c1-2-4-10(5-3-1)7-13-8-11-6-12(11)9-13;1-4-2-6-3-5(1)4;1-2-3;;;/h1-5,11-12H,6-9H2;4-6H,1-3H2;3H,2H2,1H3;1H4;2*1H. The van der Waals surface area contributed by atoms with E-state index in [1.54, 1.807) is 6.92 Å². The lowest BCUT2D eigenvalue weighted by atomic mass is 10.2. The molecule has 0 bridgehead atoms. The first-order valence-electron chi connectivity index (χ1n) is 8.88. The van der Waals surface area contributed by atoms with Gasteiger partial charge in [0.1, 0.15) is 0 Å². The molecule has 1 aromatic carbocycles. The molecule has 5 rings (SSSR count). The van der Waals surface area contributed by atoms with Crippen LogP contribution in [-0.4, -0.2) is 42.8 Å². The molecule has 0 aromatic heterocycles. The summed E-state index contributed by atoms with van der Waals surface area (Å²) in [5.41, 5.74) is 1.46. The number of aliphatic hydroxyl groups is 1. The van der Waals surface area contributed by atoms with E-state index in [9.17, 15) is 0 Å². The largest absolute Gasteiger partial charge is 0.397 e. The number of hydrogen-bond acceptors (Lipinski definition) is 3. The van der Waals surface area contributed by atoms with Crippen LogP contribution in [0.25, 0.3) is 0 Å². The molecule has 4 atom stereocenters. The highest BCUT2D eigenvalue weighted by atomic mass is 35.5. The van der Waals surface area contributed by atoms with Crippen LogP contribution in [0.5, 0.6) is 0 Å². The molecule has 25 heavy (non-hydrogen) atoms. The number of aliphatic hydroxyl groups excluding tert-OH is 1. The number of halogens is 2. The zero-order chi connectivity index (χ0) is 15.4. The van der Waals surface area contributed by atoms with Crippen molar-refractivity contribution in [2.45, 2.75) is 33.7 Å². The van der Waals surface area contributed by atoms with E-state index < -0.39 is 0 Å². The Balaban J connectivity index is 0.000000410. The fourth-order valence-corrected chi connectivity index (χ4v) is 3.73. The van der Waals surface area contributed by atoms with Gasteiger partial charge < -0.3 is 10.4 Å². The van der Waals surface area contributed by atoms with E-state index in [0.717, 1.165) is 30.2 Å². The van der Waals surface area contributed by atoms with Crippen molar-refractivity contribution in [2.75, 3.05) is 32.8 Å². The molecule has 2 saturated carbocycles. The predicted octanol–water partition coefficient (Wildman–Crippen LogP) is 3.84. The molecule has 0 radical (unpaired) electrons. The van der Waals surface area contributed by atoms with Crippen LogP contribution in [0.15, 0.2) is 30.3 Å². The zero-order valence-corrected chi connectivity index (χ0v) is 16.2. The molecule has 0 amide bonds. The third kappa shape index (κ3) is 7.84. The van der Waals surface area contributed by atoms with Gasteiger partial charge in [0.05, 0.1) is 0 Å². The number of nitrogens with zero attached hydrogens (tertiary/aromatic N) is 1. The van der Waals surface area contributed by atoms with Crippen LogP contribution in [-0.2, 0) is 6.54 Å². The summed E-state index contributed by atoms with van der Waals surface area (Å²) in [4.78, 5) is 2.59. The van der Waals surface area contributed by atoms with Crippen molar-refractivity contribution in [1.82, 2.24) is 10.2 Å². The highest BCUT2D eigenvalue weighted by Gasteiger charge is 2.44. The average molecular weight is 391 g/mol. The van der Waals surface area contributed by atoms with Crippen molar-refractivity contribution < 1.29 is 5.11 Å². The highest BCUT2D eigenvalue weighted by molar-refractivity contribution is 5.85. The maximum Gasteiger partial charge on any atom is 0.0402 e. The maximum atomic E-state index is 7.57. The first-order valence-corrected chi connectivity index (χ1v) is 8.88. The molecule has 1 aromatic rings. The SMILES string of the molecule is C.C1NCC2CC12.CCO.Cl.Cl.c1ccc(CN2CC3CC3C2)cc1. The van der Waals surface area contributed by atoms with Gasteiger partial charge in [0, 0.05) is 26.2 Å². The second-order valence-electron chi connectivity index (χ2n) is 7.17. The molecular formula is C20H36Cl2N2O. The molecule has 2 aliphatic heterocycles. The van der Waals surface area contributed by atoms with Crippen LogP contribution in [0.3, 0.4) is 0 Å². The van der Waals surface area contributed by atoms with Gasteiger partial charge in [0.2, 0.25) is 0 Å². The number of piperidine rings is 2. The molecule has 146 valence electrons. The Morgan fingerprint density at radius 1 is 0.960 bits per heavy atom. The summed E-state index contributed by atoms with van der Waals surface area (Å²) in [5, 5.41) is 10.9. The lowest BCUT2D eigenvalue weighted by Gasteiger charge is -2.16. The minimum Gasteiger partial charge on any atom is -0.397 e. The fourth-order valence-electron chi connectivity index (χ4n) is 3.73. The van der Waals surface area contributed by atoms with Crippen LogP contribution in [0.4, 0.5) is 0 Å². The van der Waals surface area contributed by atoms with Crippen molar-refractivity contribution in [2.24, 2.45) is 23.7 Å². The van der Waals surface area contributed by atoms with Crippen LogP contribution in [0.2, 0.25) is 0 Å². The maximum absolute atomic E-state index is 7.57. The molecule has 4 fully saturated rings. The van der Waals surface area contributed by atoms with E-state index in [2.05, 4.69) is 40.5 Å². The Hall–Kier alpha value is -0.320. The molecular weight excluding hydrogens is 355 g/mol. The Bertz CT molecular complexity index is 442. The summed E-state index contributed by atoms with van der Waals surface area (Å²) in [5.74, 6) is 4.32. The molecule has 2 saturated heterocycles. The van der Waals surface area contributed by atoms with Gasteiger partial charge in [-0.25, -0.2) is 0 Å². The van der Waals surface area contributed by atoms with Gasteiger partial charge in [-0.05, 0) is 62.1 Å². The summed E-state index contributed by atoms with van der Waals surface area (Å²) in [7, 11) is 0. The topological polar surface area (TPSA) is 35.5 Å². The van der Waals surface area contributed by atoms with E-state index >= 15 is 0 Å². The smallest absolute Gasteiger partial charge is 0.0402 e. The normalized spacial score (nSPS) is 29.7. The van der Waals surface area contributed by atoms with E-state index in [-0.39, 0.29) is 38.8 Å². The van der Waals surface area contributed by atoms with Crippen LogP contribution < -0.4 is 5.32 Å². The van der Waals surface area contributed by atoms with Gasteiger partial charge in [0.25, 0.3) is 0 Å². The fraction of sp³-hybridized carbons (Fsp3) is 0.700. The van der Waals surface area contributed by atoms with Crippen molar-refractivity contribution in [1.29, 1.82) is 0 Å². The molecule has 2 aliphatic carbocycles. The van der Waals surface area contributed by atoms with Crippen molar-refractivity contribution in [3.63, 3.8) is 0 Å². The molecule has 0 spiro atoms. The second-order valence-corrected chi connectivity index (χ2v) is 7.17. The quantitative estimate of drug-likeness (QED) is 0.804. The van der Waals surface area contributed by atoms with Crippen molar-refractivity contribution >= 4 is 24.8 Å². The summed E-state index contributed by atoms with van der Waals surface area (Å²) in [6.07, 6.45) is 3.03. The van der Waals surface area contributed by atoms with Gasteiger partial charge in [-0.1, -0.05) is 37.8 Å². The number of hydrogen-bond donors (Lipinski definition) is 2. The predicted molar refractivity (Wildman–Crippen MR) is 112 cm³/mol.